The number of hydrogen-bond acceptors (Lipinski definition) is 2. The van der Waals surface area contributed by atoms with E-state index in [1.807, 2.05) is 19.9 Å². The fourth-order valence-corrected chi connectivity index (χ4v) is 2.48. The van der Waals surface area contributed by atoms with Gasteiger partial charge in [0.15, 0.2) is 0 Å². The molecule has 0 bridgehead atoms. The molecule has 0 amide bonds. The lowest BCUT2D eigenvalue weighted by atomic mass is 9.93. The van der Waals surface area contributed by atoms with Crippen LogP contribution in [0.3, 0.4) is 0 Å². The quantitative estimate of drug-likeness (QED) is 0.876. The van der Waals surface area contributed by atoms with E-state index < -0.39 is 5.60 Å². The predicted octanol–water partition coefficient (Wildman–Crippen LogP) is 3.75. The van der Waals surface area contributed by atoms with Crippen LogP contribution in [0.2, 0.25) is 0 Å². The zero-order valence-electron chi connectivity index (χ0n) is 13.4. The molecule has 0 aromatic heterocycles. The lowest BCUT2D eigenvalue weighted by molar-refractivity contribution is 0.0777. The third-order valence-electron chi connectivity index (χ3n) is 3.62. The van der Waals surface area contributed by atoms with Gasteiger partial charge in [-0.25, -0.2) is 0 Å². The van der Waals surface area contributed by atoms with Crippen molar-refractivity contribution in [2.75, 3.05) is 6.54 Å². The third kappa shape index (κ3) is 4.42. The van der Waals surface area contributed by atoms with Gasteiger partial charge in [-0.2, -0.15) is 0 Å². The summed E-state index contributed by atoms with van der Waals surface area (Å²) in [5, 5.41) is 13.5. The van der Waals surface area contributed by atoms with Crippen LogP contribution in [0.4, 0.5) is 0 Å². The largest absolute Gasteiger partial charge is 0.389 e. The fourth-order valence-electron chi connectivity index (χ4n) is 2.48. The average molecular weight is 283 g/mol. The van der Waals surface area contributed by atoms with Crippen molar-refractivity contribution in [3.8, 4) is 0 Å². The Balaban J connectivity index is 2.38. The Hall–Kier alpha value is -1.64. The SMILES string of the molecule is Cc1ccc(C)c(C(NCC(C)(C)O)c2ccccc2)c1. The Morgan fingerprint density at radius 3 is 2.33 bits per heavy atom. The lowest BCUT2D eigenvalue weighted by Crippen LogP contribution is -2.37. The molecule has 21 heavy (non-hydrogen) atoms. The first-order chi connectivity index (χ1) is 9.87. The highest BCUT2D eigenvalue weighted by Gasteiger charge is 2.20. The van der Waals surface area contributed by atoms with Crippen molar-refractivity contribution in [1.29, 1.82) is 0 Å². The van der Waals surface area contributed by atoms with Gasteiger partial charge >= 0.3 is 0 Å². The molecule has 1 unspecified atom stereocenters. The summed E-state index contributed by atoms with van der Waals surface area (Å²) < 4.78 is 0. The van der Waals surface area contributed by atoms with Crippen LogP contribution in [0.25, 0.3) is 0 Å². The number of nitrogens with one attached hydrogen (secondary N) is 1. The minimum absolute atomic E-state index is 0.0949. The summed E-state index contributed by atoms with van der Waals surface area (Å²) in [5.74, 6) is 0. The molecule has 2 N–H and O–H groups in total. The van der Waals surface area contributed by atoms with E-state index in [0.717, 1.165) is 0 Å². The van der Waals surface area contributed by atoms with Gasteiger partial charge in [0.25, 0.3) is 0 Å². The number of hydrogen-bond donors (Lipinski definition) is 2. The van der Waals surface area contributed by atoms with Crippen molar-refractivity contribution in [2.24, 2.45) is 0 Å². The minimum atomic E-state index is -0.731. The molecule has 2 nitrogen and oxygen atoms in total. The van der Waals surface area contributed by atoms with Crippen LogP contribution in [0, 0.1) is 13.8 Å². The number of rotatable bonds is 5. The highest BCUT2D eigenvalue weighted by molar-refractivity contribution is 5.39. The van der Waals surface area contributed by atoms with Crippen molar-refractivity contribution in [2.45, 2.75) is 39.3 Å². The number of aliphatic hydroxyl groups is 1. The van der Waals surface area contributed by atoms with Crippen LogP contribution < -0.4 is 5.32 Å². The normalized spacial score (nSPS) is 13.2. The van der Waals surface area contributed by atoms with Crippen LogP contribution in [0.5, 0.6) is 0 Å². The van der Waals surface area contributed by atoms with Gasteiger partial charge in [-0.15, -0.1) is 0 Å². The summed E-state index contributed by atoms with van der Waals surface area (Å²) in [4.78, 5) is 0. The molecule has 2 heteroatoms. The van der Waals surface area contributed by atoms with E-state index in [1.165, 1.54) is 22.3 Å². The van der Waals surface area contributed by atoms with Gasteiger partial charge in [-0.1, -0.05) is 54.1 Å². The molecule has 0 spiro atoms. The van der Waals surface area contributed by atoms with E-state index in [9.17, 15) is 5.11 Å². The molecule has 2 aromatic rings. The lowest BCUT2D eigenvalue weighted by Gasteiger charge is -2.26. The Labute approximate surface area is 127 Å². The van der Waals surface area contributed by atoms with Crippen molar-refractivity contribution in [3.05, 3.63) is 70.8 Å². The monoisotopic (exact) mass is 283 g/mol. The molecule has 2 rings (SSSR count). The van der Waals surface area contributed by atoms with Gasteiger partial charge in [0.1, 0.15) is 0 Å². The van der Waals surface area contributed by atoms with Crippen molar-refractivity contribution in [3.63, 3.8) is 0 Å². The molecule has 112 valence electrons. The van der Waals surface area contributed by atoms with Crippen molar-refractivity contribution >= 4 is 0 Å². The summed E-state index contributed by atoms with van der Waals surface area (Å²) in [6, 6.07) is 17.0. The summed E-state index contributed by atoms with van der Waals surface area (Å²) in [6.07, 6.45) is 0. The summed E-state index contributed by atoms with van der Waals surface area (Å²) in [7, 11) is 0. The van der Waals surface area contributed by atoms with Gasteiger partial charge in [0, 0.05) is 6.54 Å². The van der Waals surface area contributed by atoms with Gasteiger partial charge in [0.05, 0.1) is 11.6 Å². The van der Waals surface area contributed by atoms with E-state index in [2.05, 4.69) is 61.6 Å². The fraction of sp³-hybridized carbons (Fsp3) is 0.368. The highest BCUT2D eigenvalue weighted by atomic mass is 16.3. The molecule has 0 heterocycles. The molecule has 0 aliphatic carbocycles. The Kier molecular flexibility index (Phi) is 4.81. The van der Waals surface area contributed by atoms with E-state index in [1.54, 1.807) is 0 Å². The zero-order chi connectivity index (χ0) is 15.5. The molecule has 0 fully saturated rings. The molecule has 0 saturated heterocycles. The molecule has 0 aliphatic heterocycles. The smallest absolute Gasteiger partial charge is 0.0715 e. The van der Waals surface area contributed by atoms with Crippen LogP contribution in [-0.4, -0.2) is 17.3 Å². The zero-order valence-corrected chi connectivity index (χ0v) is 13.4. The Morgan fingerprint density at radius 1 is 1.05 bits per heavy atom. The topological polar surface area (TPSA) is 32.3 Å². The molecule has 0 aliphatic rings. The molecule has 1 atom stereocenters. The van der Waals surface area contributed by atoms with Crippen LogP contribution in [0.1, 0.15) is 42.1 Å². The van der Waals surface area contributed by atoms with E-state index in [4.69, 9.17) is 0 Å². The summed E-state index contributed by atoms with van der Waals surface area (Å²) in [6.45, 7) is 8.44. The second kappa shape index (κ2) is 6.42. The number of benzene rings is 2. The number of aryl methyl sites for hydroxylation is 2. The van der Waals surface area contributed by atoms with Crippen molar-refractivity contribution < 1.29 is 5.11 Å². The van der Waals surface area contributed by atoms with E-state index >= 15 is 0 Å². The van der Waals surface area contributed by atoms with Gasteiger partial charge in [0.2, 0.25) is 0 Å². The van der Waals surface area contributed by atoms with Crippen LogP contribution in [-0.2, 0) is 0 Å². The second-order valence-corrected chi connectivity index (χ2v) is 6.40. The van der Waals surface area contributed by atoms with Crippen molar-refractivity contribution in [1.82, 2.24) is 5.32 Å². The Morgan fingerprint density at radius 2 is 1.71 bits per heavy atom. The third-order valence-corrected chi connectivity index (χ3v) is 3.62. The molecule has 2 aromatic carbocycles. The van der Waals surface area contributed by atoms with Gasteiger partial charge in [-0.05, 0) is 44.4 Å². The van der Waals surface area contributed by atoms with Gasteiger partial charge in [-0.3, -0.25) is 0 Å². The average Bonchev–Trinajstić information content (AvgIpc) is 2.43. The molecular weight excluding hydrogens is 258 g/mol. The first kappa shape index (κ1) is 15.7. The maximum absolute atomic E-state index is 10.0. The maximum atomic E-state index is 10.0. The minimum Gasteiger partial charge on any atom is -0.389 e. The maximum Gasteiger partial charge on any atom is 0.0715 e. The molecule has 0 radical (unpaired) electrons. The van der Waals surface area contributed by atoms with E-state index in [0.29, 0.717) is 6.54 Å². The standard InChI is InChI=1S/C19H25NO/c1-14-10-11-15(2)17(12-14)18(20-13-19(3,4)21)16-8-6-5-7-9-16/h5-12,18,20-21H,13H2,1-4H3. The first-order valence-corrected chi connectivity index (χ1v) is 7.45. The Bertz CT molecular complexity index is 584. The summed E-state index contributed by atoms with van der Waals surface area (Å²) >= 11 is 0. The van der Waals surface area contributed by atoms with E-state index in [-0.39, 0.29) is 6.04 Å². The predicted molar refractivity (Wildman–Crippen MR) is 88.5 cm³/mol. The van der Waals surface area contributed by atoms with Crippen LogP contribution in [0.15, 0.2) is 48.5 Å². The second-order valence-electron chi connectivity index (χ2n) is 6.40. The molecular formula is C19H25NO. The first-order valence-electron chi connectivity index (χ1n) is 7.45. The highest BCUT2D eigenvalue weighted by Crippen LogP contribution is 2.26. The van der Waals surface area contributed by atoms with Crippen LogP contribution >= 0.6 is 0 Å². The molecule has 0 saturated carbocycles. The van der Waals surface area contributed by atoms with Gasteiger partial charge < -0.3 is 10.4 Å². The summed E-state index contributed by atoms with van der Waals surface area (Å²) in [5.41, 5.74) is 4.27.